The summed E-state index contributed by atoms with van der Waals surface area (Å²) in [7, 11) is -4.85. The second kappa shape index (κ2) is 24.4. The third-order valence-corrected chi connectivity index (χ3v) is 11.5. The zero-order valence-corrected chi connectivity index (χ0v) is 35.1. The fraction of sp³-hybridized carbons (Fsp3) is 0.707. The Morgan fingerprint density at radius 3 is 2.12 bits per heavy atom. The van der Waals surface area contributed by atoms with E-state index in [9.17, 15) is 38.1 Å². The van der Waals surface area contributed by atoms with Crippen LogP contribution in [-0.4, -0.2) is 85.5 Å². The van der Waals surface area contributed by atoms with Crippen LogP contribution in [0, 0.1) is 18.3 Å². The summed E-state index contributed by atoms with van der Waals surface area (Å²) in [6.07, 6.45) is 11.6. The van der Waals surface area contributed by atoms with E-state index in [2.05, 4.69) is 22.0 Å². The molecule has 14 nitrogen and oxygen atoms in total. The molecule has 18 heteroatoms. The van der Waals surface area contributed by atoms with Crippen molar-refractivity contribution in [3.63, 3.8) is 0 Å². The van der Waals surface area contributed by atoms with Gasteiger partial charge < -0.3 is 29.3 Å². The fourth-order valence-electron chi connectivity index (χ4n) is 7.04. The maximum atomic E-state index is 13.0. The quantitative estimate of drug-likeness (QED) is 0.0447. The average molecular weight is 856 g/mol. The summed E-state index contributed by atoms with van der Waals surface area (Å²) in [5.74, 6) is 0. The largest absolute Gasteiger partial charge is 0.472 e. The number of aryl methyl sites for hydroxylation is 1. The summed E-state index contributed by atoms with van der Waals surface area (Å²) < 4.78 is 81.1. The number of hydrogen-bond donors (Lipinski definition) is 3. The van der Waals surface area contributed by atoms with Crippen molar-refractivity contribution in [3.05, 3.63) is 59.4 Å². The first-order chi connectivity index (χ1) is 28.3. The molecule has 4 rings (SSSR count). The Bertz CT molecular complexity index is 1760. The molecule has 0 aliphatic carbocycles. The number of aromatic nitrogens is 4. The molecule has 6 atom stereocenters. The number of phosphoric ester groups is 1. The van der Waals surface area contributed by atoms with Gasteiger partial charge in [0.05, 0.1) is 43.3 Å². The van der Waals surface area contributed by atoms with E-state index in [1.807, 2.05) is 6.07 Å². The van der Waals surface area contributed by atoms with Crippen LogP contribution in [0.5, 0.6) is 0 Å². The van der Waals surface area contributed by atoms with E-state index < -0.39 is 62.9 Å². The van der Waals surface area contributed by atoms with E-state index in [0.29, 0.717) is 23.4 Å². The van der Waals surface area contributed by atoms with E-state index in [-0.39, 0.29) is 18.9 Å². The van der Waals surface area contributed by atoms with Crippen LogP contribution in [0.25, 0.3) is 5.52 Å². The van der Waals surface area contributed by atoms with Gasteiger partial charge in [0, 0.05) is 12.8 Å². The second-order valence-electron chi connectivity index (χ2n) is 15.2. The molecule has 3 N–H and O–H groups in total. The summed E-state index contributed by atoms with van der Waals surface area (Å²) in [5.41, 5.74) is -1.58. The number of pyridine rings is 1. The summed E-state index contributed by atoms with van der Waals surface area (Å²) >= 11 is 0. The lowest BCUT2D eigenvalue weighted by molar-refractivity contribution is -0.141. The number of ether oxygens (including phenoxy) is 3. The van der Waals surface area contributed by atoms with Gasteiger partial charge in [0.1, 0.15) is 42.5 Å². The highest BCUT2D eigenvalue weighted by molar-refractivity contribution is 7.47. The lowest BCUT2D eigenvalue weighted by Gasteiger charge is -2.24. The molecule has 3 aromatic heterocycles. The highest BCUT2D eigenvalue weighted by atomic mass is 31.2. The zero-order chi connectivity index (χ0) is 42.7. The van der Waals surface area contributed by atoms with E-state index in [4.69, 9.17) is 23.3 Å². The lowest BCUT2D eigenvalue weighted by atomic mass is 9.92. The molecule has 1 saturated heterocycles. The van der Waals surface area contributed by atoms with Gasteiger partial charge in [0.2, 0.25) is 5.60 Å². The van der Waals surface area contributed by atoms with Crippen LogP contribution in [-0.2, 0) is 46.2 Å². The average Bonchev–Trinajstić information content (AvgIpc) is 3.76. The van der Waals surface area contributed by atoms with E-state index in [1.54, 1.807) is 13.0 Å². The van der Waals surface area contributed by atoms with Crippen molar-refractivity contribution in [2.75, 3.05) is 26.4 Å². The third kappa shape index (κ3) is 15.1. The number of aliphatic hydroxyl groups is 2. The van der Waals surface area contributed by atoms with Gasteiger partial charge in [-0.15, -0.1) is 0 Å². The number of rotatable bonds is 29. The molecule has 0 amide bonds. The molecule has 1 aliphatic heterocycles. The molecule has 0 spiro atoms. The van der Waals surface area contributed by atoms with E-state index in [1.165, 1.54) is 100 Å². The van der Waals surface area contributed by atoms with Gasteiger partial charge in [-0.1, -0.05) is 109 Å². The van der Waals surface area contributed by atoms with Crippen molar-refractivity contribution in [3.8, 4) is 6.07 Å². The van der Waals surface area contributed by atoms with Crippen molar-refractivity contribution < 1.29 is 56.1 Å². The Labute approximate surface area is 345 Å². The number of halogens is 3. The minimum absolute atomic E-state index is 0.0531. The van der Waals surface area contributed by atoms with Crippen LogP contribution < -0.4 is 0 Å². The number of unbranched alkanes of at least 4 members (excludes halogenated alkanes) is 15. The molecular formula is C41H61F3N5O9P. The molecule has 0 bridgehead atoms. The number of phosphoric acid groups is 1. The minimum Gasteiger partial charge on any atom is -0.387 e. The fourth-order valence-corrected chi connectivity index (χ4v) is 7.80. The van der Waals surface area contributed by atoms with Crippen LogP contribution in [0.15, 0.2) is 36.8 Å². The molecule has 59 heavy (non-hydrogen) atoms. The highest BCUT2D eigenvalue weighted by Crippen LogP contribution is 2.46. The van der Waals surface area contributed by atoms with Gasteiger partial charge in [-0.05, 0) is 37.1 Å². The molecule has 1 fully saturated rings. The molecule has 0 aromatic carbocycles. The van der Waals surface area contributed by atoms with E-state index >= 15 is 0 Å². The summed E-state index contributed by atoms with van der Waals surface area (Å²) in [4.78, 5) is 18.1. The monoisotopic (exact) mass is 855 g/mol. The summed E-state index contributed by atoms with van der Waals surface area (Å²) in [6.45, 7) is 2.88. The molecular weight excluding hydrogens is 794 g/mol. The van der Waals surface area contributed by atoms with Crippen LogP contribution >= 0.6 is 7.82 Å². The molecule has 1 unspecified atom stereocenters. The van der Waals surface area contributed by atoms with Crippen molar-refractivity contribution in [2.24, 2.45) is 0 Å². The predicted molar refractivity (Wildman–Crippen MR) is 212 cm³/mol. The van der Waals surface area contributed by atoms with Crippen molar-refractivity contribution >= 4 is 13.3 Å². The Hall–Kier alpha value is -3.04. The second-order valence-corrected chi connectivity index (χ2v) is 16.7. The van der Waals surface area contributed by atoms with E-state index in [0.717, 1.165) is 37.9 Å². The topological polar surface area (TPSA) is 191 Å². The van der Waals surface area contributed by atoms with Gasteiger partial charge in [-0.25, -0.2) is 14.1 Å². The Morgan fingerprint density at radius 2 is 1.54 bits per heavy atom. The summed E-state index contributed by atoms with van der Waals surface area (Å²) in [6, 6.07) is 7.10. The van der Waals surface area contributed by atoms with Gasteiger partial charge in [-0.3, -0.25) is 14.0 Å². The molecule has 1 aliphatic rings. The lowest BCUT2D eigenvalue weighted by Crippen LogP contribution is -2.41. The van der Waals surface area contributed by atoms with Crippen LogP contribution in [0.3, 0.4) is 0 Å². The minimum atomic E-state index is -4.85. The van der Waals surface area contributed by atoms with Crippen LogP contribution in [0.1, 0.15) is 132 Å². The molecule has 0 radical (unpaired) electrons. The standard InChI is InChI=1S/C41H61F3N5O9P/c1-3-4-5-6-7-8-9-10-11-12-13-14-15-16-17-18-23-54-26-33(55-25-32-19-21-36(46-24-32)41(42,43)44)27-56-59(52,53)57-28-35-38(50)39(51)40(29-45,58-35)37-22-20-34-31(2)47-30-48-49(34)37/h19-22,24,30,33,35,38-39,50-51H,3-18,23,25-28H2,1-2H3,(H,52,53)/t33-,35-,38-,39-,40+/m1/s1. The summed E-state index contributed by atoms with van der Waals surface area (Å²) in [5, 5.41) is 36.1. The maximum Gasteiger partial charge on any atom is 0.472 e. The first-order valence-corrected chi connectivity index (χ1v) is 22.4. The SMILES string of the molecule is CCCCCCCCCCCCCCCCCCOC[C@H](COP(=O)(O)OC[C@H]1O[C@@](C#N)(c2ccc3c(C)ncnn23)[C@H](O)[C@@H]1O)OCc1ccc(C(F)(F)F)nc1. The number of aliphatic hydroxyl groups excluding tert-OH is 2. The normalized spacial score (nSPS) is 21.2. The molecule has 330 valence electrons. The van der Waals surface area contributed by atoms with Gasteiger partial charge in [0.25, 0.3) is 0 Å². The zero-order valence-electron chi connectivity index (χ0n) is 34.2. The Balaban J connectivity index is 1.20. The Morgan fingerprint density at radius 1 is 0.915 bits per heavy atom. The highest BCUT2D eigenvalue weighted by Gasteiger charge is 2.58. The first kappa shape index (κ1) is 48.6. The number of nitrogens with zero attached hydrogens (tertiary/aromatic N) is 5. The first-order valence-electron chi connectivity index (χ1n) is 20.9. The maximum absolute atomic E-state index is 13.0. The number of hydrogen-bond acceptors (Lipinski definition) is 12. The molecule has 4 heterocycles. The third-order valence-electron chi connectivity index (χ3n) is 10.5. The van der Waals surface area contributed by atoms with Gasteiger partial charge >= 0.3 is 14.0 Å². The number of alkyl halides is 3. The smallest absolute Gasteiger partial charge is 0.387 e. The predicted octanol–water partition coefficient (Wildman–Crippen LogP) is 8.29. The molecule has 3 aromatic rings. The molecule has 0 saturated carbocycles. The Kier molecular flexibility index (Phi) is 20.1. The van der Waals surface area contributed by atoms with Crippen molar-refractivity contribution in [1.29, 1.82) is 5.26 Å². The number of fused-ring (bicyclic) bond motifs is 1. The number of nitriles is 1. The van der Waals surface area contributed by atoms with Crippen molar-refractivity contribution in [1.82, 2.24) is 19.6 Å². The van der Waals surface area contributed by atoms with Crippen LogP contribution in [0.2, 0.25) is 0 Å². The van der Waals surface area contributed by atoms with Crippen molar-refractivity contribution in [2.45, 2.75) is 159 Å². The van der Waals surface area contributed by atoms with Crippen LogP contribution in [0.4, 0.5) is 13.2 Å². The van der Waals surface area contributed by atoms with Gasteiger partial charge in [-0.2, -0.15) is 23.5 Å². The van der Waals surface area contributed by atoms with Gasteiger partial charge in [0.15, 0.2) is 0 Å².